The molecule has 0 aliphatic heterocycles. The van der Waals surface area contributed by atoms with Crippen molar-refractivity contribution in [2.75, 3.05) is 6.61 Å². The van der Waals surface area contributed by atoms with Gasteiger partial charge in [-0.1, -0.05) is 0 Å². The highest BCUT2D eigenvalue weighted by Gasteiger charge is 2.31. The van der Waals surface area contributed by atoms with Crippen molar-refractivity contribution in [1.29, 1.82) is 0 Å². The predicted molar refractivity (Wildman–Crippen MR) is 74.0 cm³/mol. The highest BCUT2D eigenvalue weighted by atomic mass is 19.4. The van der Waals surface area contributed by atoms with Crippen LogP contribution in [0.2, 0.25) is 0 Å². The summed E-state index contributed by atoms with van der Waals surface area (Å²) in [6.45, 7) is 3.53. The van der Waals surface area contributed by atoms with Crippen LogP contribution >= 0.6 is 0 Å². The van der Waals surface area contributed by atoms with Crippen LogP contribution < -0.4 is 0 Å². The van der Waals surface area contributed by atoms with Crippen molar-refractivity contribution in [3.8, 4) is 0 Å². The molecular formula is C15H19F3O4. The second-order valence-electron chi connectivity index (χ2n) is 5.61. The Labute approximate surface area is 126 Å². The largest absolute Gasteiger partial charge is 0.465 e. The van der Waals surface area contributed by atoms with E-state index in [1.807, 2.05) is 0 Å². The number of allylic oxidation sites excluding steroid dienone is 1. The number of halogens is 3. The molecule has 124 valence electrons. The van der Waals surface area contributed by atoms with Gasteiger partial charge in [0.2, 0.25) is 0 Å². The normalized spacial score (nSPS) is 14.5. The standard InChI is InChI=1S/C15H19F3O4/c1-14(2,3)22-13(21-10-15(16,17)18)9-11(19)6-7-12-5-4-8-20-12/h4-8,13H,9-10H2,1-3H3/b7-6+. The Morgan fingerprint density at radius 1 is 1.36 bits per heavy atom. The first-order valence-corrected chi connectivity index (χ1v) is 6.66. The van der Waals surface area contributed by atoms with Gasteiger partial charge in [-0.15, -0.1) is 0 Å². The molecular weight excluding hydrogens is 301 g/mol. The van der Waals surface area contributed by atoms with Gasteiger partial charge in [0, 0.05) is 0 Å². The number of alkyl halides is 3. The van der Waals surface area contributed by atoms with E-state index in [-0.39, 0.29) is 6.42 Å². The highest BCUT2D eigenvalue weighted by Crippen LogP contribution is 2.20. The summed E-state index contributed by atoms with van der Waals surface area (Å²) in [5, 5.41) is 0. The molecule has 0 radical (unpaired) electrons. The SMILES string of the molecule is CC(C)(C)OC(CC(=O)/C=C/c1ccco1)OCC(F)(F)F. The molecule has 0 N–H and O–H groups in total. The van der Waals surface area contributed by atoms with Crippen molar-refractivity contribution in [2.24, 2.45) is 0 Å². The lowest BCUT2D eigenvalue weighted by molar-refractivity contribution is -0.250. The van der Waals surface area contributed by atoms with E-state index >= 15 is 0 Å². The van der Waals surface area contributed by atoms with E-state index in [0.717, 1.165) is 0 Å². The molecule has 0 aliphatic rings. The number of hydrogen-bond acceptors (Lipinski definition) is 4. The average molecular weight is 320 g/mol. The second-order valence-corrected chi connectivity index (χ2v) is 5.61. The fourth-order valence-corrected chi connectivity index (χ4v) is 1.51. The molecule has 0 bridgehead atoms. The molecule has 22 heavy (non-hydrogen) atoms. The molecule has 0 amide bonds. The van der Waals surface area contributed by atoms with Crippen LogP contribution in [0, 0.1) is 0 Å². The van der Waals surface area contributed by atoms with Crippen molar-refractivity contribution in [1.82, 2.24) is 0 Å². The minimum Gasteiger partial charge on any atom is -0.465 e. The van der Waals surface area contributed by atoms with Gasteiger partial charge in [0.1, 0.15) is 12.4 Å². The number of ether oxygens (including phenoxy) is 2. The van der Waals surface area contributed by atoms with Crippen LogP contribution in [0.5, 0.6) is 0 Å². The van der Waals surface area contributed by atoms with E-state index < -0.39 is 30.5 Å². The van der Waals surface area contributed by atoms with E-state index in [2.05, 4.69) is 4.74 Å². The first kappa shape index (κ1) is 18.4. The van der Waals surface area contributed by atoms with Crippen LogP contribution in [-0.2, 0) is 14.3 Å². The summed E-state index contributed by atoms with van der Waals surface area (Å²) in [6, 6.07) is 3.30. The Morgan fingerprint density at radius 3 is 2.55 bits per heavy atom. The van der Waals surface area contributed by atoms with Gasteiger partial charge < -0.3 is 13.9 Å². The topological polar surface area (TPSA) is 48.7 Å². The number of furan rings is 1. The number of carbonyl (C=O) groups is 1. The predicted octanol–water partition coefficient (Wildman–Crippen LogP) is 3.97. The van der Waals surface area contributed by atoms with Crippen LogP contribution in [-0.4, -0.2) is 30.5 Å². The zero-order chi connectivity index (χ0) is 16.8. The van der Waals surface area contributed by atoms with Crippen molar-refractivity contribution < 1.29 is 31.9 Å². The first-order chi connectivity index (χ1) is 10.1. The molecule has 1 heterocycles. The Bertz CT molecular complexity index is 484. The summed E-state index contributed by atoms with van der Waals surface area (Å²) in [4.78, 5) is 11.8. The third-order valence-electron chi connectivity index (χ3n) is 2.26. The summed E-state index contributed by atoms with van der Waals surface area (Å²) in [6.07, 6.45) is -1.97. The number of rotatable bonds is 7. The smallest absolute Gasteiger partial charge is 0.411 e. The molecule has 0 aliphatic carbocycles. The van der Waals surface area contributed by atoms with E-state index in [9.17, 15) is 18.0 Å². The summed E-state index contributed by atoms with van der Waals surface area (Å²) in [5.74, 6) is 0.0469. The molecule has 0 spiro atoms. The molecule has 1 unspecified atom stereocenters. The van der Waals surface area contributed by atoms with Gasteiger partial charge in [-0.2, -0.15) is 13.2 Å². The van der Waals surface area contributed by atoms with Crippen LogP contribution in [0.4, 0.5) is 13.2 Å². The number of carbonyl (C=O) groups excluding carboxylic acids is 1. The molecule has 4 nitrogen and oxygen atoms in total. The average Bonchev–Trinajstić information content (AvgIpc) is 2.84. The maximum Gasteiger partial charge on any atom is 0.411 e. The maximum atomic E-state index is 12.2. The quantitative estimate of drug-likeness (QED) is 0.563. The van der Waals surface area contributed by atoms with Gasteiger partial charge in [-0.05, 0) is 45.1 Å². The van der Waals surface area contributed by atoms with E-state index in [1.54, 1.807) is 32.9 Å². The van der Waals surface area contributed by atoms with E-state index in [4.69, 9.17) is 9.15 Å². The molecule has 0 saturated carbocycles. The van der Waals surface area contributed by atoms with Crippen molar-refractivity contribution in [3.63, 3.8) is 0 Å². The molecule has 1 aromatic heterocycles. The fraction of sp³-hybridized carbons (Fsp3) is 0.533. The Kier molecular flexibility index (Phi) is 6.37. The van der Waals surface area contributed by atoms with Gasteiger partial charge in [0.05, 0.1) is 18.3 Å². The number of ketones is 1. The van der Waals surface area contributed by atoms with Crippen molar-refractivity contribution >= 4 is 11.9 Å². The Balaban J connectivity index is 2.60. The number of hydrogen-bond donors (Lipinski definition) is 0. The zero-order valence-corrected chi connectivity index (χ0v) is 12.6. The molecule has 1 atom stereocenters. The summed E-state index contributed by atoms with van der Waals surface area (Å²) in [5.41, 5.74) is -0.735. The second kappa shape index (κ2) is 7.60. The molecule has 1 aromatic rings. The van der Waals surface area contributed by atoms with Gasteiger partial charge in [0.25, 0.3) is 0 Å². The van der Waals surface area contributed by atoms with Crippen LogP contribution in [0.15, 0.2) is 28.9 Å². The van der Waals surface area contributed by atoms with E-state index in [0.29, 0.717) is 5.76 Å². The Hall–Kier alpha value is -1.60. The van der Waals surface area contributed by atoms with E-state index in [1.165, 1.54) is 18.4 Å². The van der Waals surface area contributed by atoms with Crippen LogP contribution in [0.1, 0.15) is 33.0 Å². The lowest BCUT2D eigenvalue weighted by Crippen LogP contribution is -2.33. The summed E-state index contributed by atoms with van der Waals surface area (Å²) < 4.78 is 51.7. The van der Waals surface area contributed by atoms with Gasteiger partial charge in [-0.3, -0.25) is 4.79 Å². The van der Waals surface area contributed by atoms with Crippen LogP contribution in [0.25, 0.3) is 6.08 Å². The van der Waals surface area contributed by atoms with Gasteiger partial charge in [-0.25, -0.2) is 0 Å². The minimum absolute atomic E-state index is 0.315. The Morgan fingerprint density at radius 2 is 2.05 bits per heavy atom. The molecule has 7 heteroatoms. The monoisotopic (exact) mass is 320 g/mol. The maximum absolute atomic E-state index is 12.2. The molecule has 1 rings (SSSR count). The lowest BCUT2D eigenvalue weighted by Gasteiger charge is -2.27. The molecule has 0 saturated heterocycles. The highest BCUT2D eigenvalue weighted by molar-refractivity contribution is 5.93. The van der Waals surface area contributed by atoms with Crippen molar-refractivity contribution in [3.05, 3.63) is 30.2 Å². The van der Waals surface area contributed by atoms with Crippen LogP contribution in [0.3, 0.4) is 0 Å². The third kappa shape index (κ3) is 8.63. The summed E-state index contributed by atoms with van der Waals surface area (Å²) in [7, 11) is 0. The summed E-state index contributed by atoms with van der Waals surface area (Å²) >= 11 is 0. The molecule has 0 aromatic carbocycles. The first-order valence-electron chi connectivity index (χ1n) is 6.66. The lowest BCUT2D eigenvalue weighted by atomic mass is 10.2. The van der Waals surface area contributed by atoms with Gasteiger partial charge in [0.15, 0.2) is 12.1 Å². The van der Waals surface area contributed by atoms with Crippen molar-refractivity contribution in [2.45, 2.75) is 45.3 Å². The molecule has 0 fully saturated rings. The third-order valence-corrected chi connectivity index (χ3v) is 2.26. The van der Waals surface area contributed by atoms with Gasteiger partial charge >= 0.3 is 6.18 Å². The zero-order valence-electron chi connectivity index (χ0n) is 12.6. The minimum atomic E-state index is -4.48. The fourth-order valence-electron chi connectivity index (χ4n) is 1.51.